The van der Waals surface area contributed by atoms with E-state index in [9.17, 15) is 0 Å². The van der Waals surface area contributed by atoms with Gasteiger partial charge in [-0.25, -0.2) is 0 Å². The van der Waals surface area contributed by atoms with Crippen LogP contribution in [0.1, 0.15) is 114 Å². The molecule has 2 rings (SSSR count). The van der Waals surface area contributed by atoms with Gasteiger partial charge in [0.1, 0.15) is 0 Å². The zero-order valence-corrected chi connectivity index (χ0v) is 20.0. The predicted octanol–water partition coefficient (Wildman–Crippen LogP) is 8.47. The summed E-state index contributed by atoms with van der Waals surface area (Å²) in [5.41, 5.74) is 17.4. The highest BCUT2D eigenvalue weighted by Crippen LogP contribution is 2.20. The molecular weight excluding hydrogens is 376 g/mol. The van der Waals surface area contributed by atoms with Crippen LogP contribution in [0.3, 0.4) is 0 Å². The van der Waals surface area contributed by atoms with Gasteiger partial charge in [0.15, 0.2) is 0 Å². The Balaban J connectivity index is 1.47. The third-order valence-corrected chi connectivity index (χ3v) is 6.40. The van der Waals surface area contributed by atoms with Crippen LogP contribution in [-0.4, -0.2) is 0 Å². The van der Waals surface area contributed by atoms with E-state index in [4.69, 9.17) is 11.5 Å². The summed E-state index contributed by atoms with van der Waals surface area (Å²) in [7, 11) is 0. The van der Waals surface area contributed by atoms with Crippen LogP contribution in [0, 0.1) is 0 Å². The van der Waals surface area contributed by atoms with Crippen molar-refractivity contribution in [3.05, 3.63) is 59.2 Å². The second kappa shape index (κ2) is 15.8. The minimum Gasteiger partial charge on any atom is -0.399 e. The van der Waals surface area contributed by atoms with E-state index in [1.165, 1.54) is 107 Å². The smallest absolute Gasteiger partial charge is 0.0351 e. The summed E-state index contributed by atoms with van der Waals surface area (Å²) in [5.74, 6) is 0. The van der Waals surface area contributed by atoms with Gasteiger partial charge in [-0.05, 0) is 54.2 Å². The van der Waals surface area contributed by atoms with Crippen molar-refractivity contribution in [2.45, 2.75) is 110 Å². The van der Waals surface area contributed by atoms with Crippen LogP contribution in [0.15, 0.2) is 42.5 Å². The van der Waals surface area contributed by atoms with Gasteiger partial charge in [0.25, 0.3) is 0 Å². The monoisotopic (exact) mass is 422 g/mol. The van der Waals surface area contributed by atoms with Gasteiger partial charge in [-0.1, -0.05) is 115 Å². The van der Waals surface area contributed by atoms with E-state index < -0.39 is 0 Å². The first kappa shape index (κ1) is 25.3. The Bertz CT molecular complexity index is 705. The van der Waals surface area contributed by atoms with Crippen molar-refractivity contribution in [3.8, 4) is 0 Å². The molecule has 4 N–H and O–H groups in total. The van der Waals surface area contributed by atoms with Gasteiger partial charge in [-0.2, -0.15) is 0 Å². The fraction of sp³-hybridized carbons (Fsp3) is 0.586. The number of nitrogens with two attached hydrogens (primary N) is 2. The van der Waals surface area contributed by atoms with Crippen LogP contribution in [0.5, 0.6) is 0 Å². The maximum atomic E-state index is 6.08. The molecule has 0 aliphatic heterocycles. The average molecular weight is 423 g/mol. The molecule has 2 nitrogen and oxygen atoms in total. The molecule has 2 aromatic carbocycles. The molecule has 0 atom stereocenters. The molecule has 31 heavy (non-hydrogen) atoms. The second-order valence-corrected chi connectivity index (χ2v) is 9.30. The summed E-state index contributed by atoms with van der Waals surface area (Å²) in [4.78, 5) is 0. The van der Waals surface area contributed by atoms with Crippen molar-refractivity contribution in [1.82, 2.24) is 0 Å². The Hall–Kier alpha value is -1.96. The minimum absolute atomic E-state index is 0.777. The van der Waals surface area contributed by atoms with Crippen molar-refractivity contribution in [2.24, 2.45) is 0 Å². The number of hydrogen-bond acceptors (Lipinski definition) is 2. The fourth-order valence-electron chi connectivity index (χ4n) is 4.35. The summed E-state index contributed by atoms with van der Waals surface area (Å²) < 4.78 is 0. The fourth-order valence-corrected chi connectivity index (χ4v) is 4.35. The number of unbranched alkanes of at least 4 members (excludes halogenated alkanes) is 13. The molecular formula is C29H46N2. The third-order valence-electron chi connectivity index (χ3n) is 6.40. The van der Waals surface area contributed by atoms with Gasteiger partial charge in [-0.15, -0.1) is 0 Å². The number of benzene rings is 2. The summed E-state index contributed by atoms with van der Waals surface area (Å²) in [6.07, 6.45) is 21.9. The summed E-state index contributed by atoms with van der Waals surface area (Å²) in [6.45, 7) is 2.29. The van der Waals surface area contributed by atoms with E-state index in [1.54, 1.807) is 0 Å². The van der Waals surface area contributed by atoms with Gasteiger partial charge in [0.2, 0.25) is 0 Å². The Morgan fingerprint density at radius 1 is 0.548 bits per heavy atom. The first-order valence-corrected chi connectivity index (χ1v) is 12.9. The molecule has 2 aromatic rings. The zero-order chi connectivity index (χ0) is 22.2. The number of anilines is 2. The van der Waals surface area contributed by atoms with Crippen LogP contribution in [0.4, 0.5) is 11.4 Å². The van der Waals surface area contributed by atoms with E-state index in [2.05, 4.69) is 31.2 Å². The molecule has 172 valence electrons. The molecule has 0 bridgehead atoms. The van der Waals surface area contributed by atoms with Crippen LogP contribution >= 0.6 is 0 Å². The summed E-state index contributed by atoms with van der Waals surface area (Å²) in [5, 5.41) is 0. The molecule has 0 amide bonds. The predicted molar refractivity (Wildman–Crippen MR) is 139 cm³/mol. The quantitative estimate of drug-likeness (QED) is 0.198. The SMILES string of the molecule is CCCCCCCCCCCCCCCCc1ccc(Cc2cc(N)ccc2N)cc1. The van der Waals surface area contributed by atoms with Crippen LogP contribution < -0.4 is 11.5 Å². The molecule has 0 saturated heterocycles. The average Bonchev–Trinajstić information content (AvgIpc) is 2.77. The lowest BCUT2D eigenvalue weighted by atomic mass is 9.99. The molecule has 0 fully saturated rings. The molecule has 0 aliphatic carbocycles. The van der Waals surface area contributed by atoms with Gasteiger partial charge < -0.3 is 11.5 Å². The van der Waals surface area contributed by atoms with Gasteiger partial charge in [0.05, 0.1) is 0 Å². The molecule has 0 heterocycles. The number of aryl methyl sites for hydroxylation is 1. The highest BCUT2D eigenvalue weighted by Gasteiger charge is 2.03. The van der Waals surface area contributed by atoms with Gasteiger partial charge >= 0.3 is 0 Å². The van der Waals surface area contributed by atoms with Crippen LogP contribution in [0.2, 0.25) is 0 Å². The zero-order valence-electron chi connectivity index (χ0n) is 20.0. The second-order valence-electron chi connectivity index (χ2n) is 9.30. The van der Waals surface area contributed by atoms with Crippen molar-refractivity contribution >= 4 is 11.4 Å². The van der Waals surface area contributed by atoms with E-state index in [0.717, 1.165) is 23.4 Å². The lowest BCUT2D eigenvalue weighted by Gasteiger charge is -2.08. The molecule has 0 saturated carbocycles. The molecule has 0 aromatic heterocycles. The summed E-state index contributed by atoms with van der Waals surface area (Å²) in [6, 6.07) is 14.8. The molecule has 0 aliphatic rings. The highest BCUT2D eigenvalue weighted by atomic mass is 14.6. The van der Waals surface area contributed by atoms with Crippen LogP contribution in [-0.2, 0) is 12.8 Å². The molecule has 0 radical (unpaired) electrons. The molecule has 0 unspecified atom stereocenters. The number of nitrogen functional groups attached to an aromatic ring is 2. The Kier molecular flexibility index (Phi) is 12.9. The Morgan fingerprint density at radius 3 is 1.58 bits per heavy atom. The lowest BCUT2D eigenvalue weighted by Crippen LogP contribution is -1.98. The van der Waals surface area contributed by atoms with E-state index in [1.807, 2.05) is 18.2 Å². The van der Waals surface area contributed by atoms with Crippen molar-refractivity contribution in [2.75, 3.05) is 11.5 Å². The maximum Gasteiger partial charge on any atom is 0.0351 e. The van der Waals surface area contributed by atoms with Gasteiger partial charge in [-0.3, -0.25) is 0 Å². The van der Waals surface area contributed by atoms with Crippen molar-refractivity contribution < 1.29 is 0 Å². The maximum absolute atomic E-state index is 6.08. The molecule has 0 spiro atoms. The standard InChI is InChI=1S/C29H46N2/c1-2-3-4-5-6-7-8-9-10-11-12-13-14-15-16-25-17-19-26(20-18-25)23-27-24-28(30)21-22-29(27)31/h17-22,24H,2-16,23,30-31H2,1H3. The van der Waals surface area contributed by atoms with Crippen molar-refractivity contribution in [1.29, 1.82) is 0 Å². The van der Waals surface area contributed by atoms with Crippen LogP contribution in [0.25, 0.3) is 0 Å². The number of rotatable bonds is 17. The molecule has 2 heteroatoms. The van der Waals surface area contributed by atoms with E-state index >= 15 is 0 Å². The first-order valence-electron chi connectivity index (χ1n) is 12.9. The van der Waals surface area contributed by atoms with E-state index in [0.29, 0.717) is 0 Å². The Morgan fingerprint density at radius 2 is 1.03 bits per heavy atom. The first-order chi connectivity index (χ1) is 15.2. The summed E-state index contributed by atoms with van der Waals surface area (Å²) >= 11 is 0. The third kappa shape index (κ3) is 11.3. The lowest BCUT2D eigenvalue weighted by molar-refractivity contribution is 0.535. The van der Waals surface area contributed by atoms with E-state index in [-0.39, 0.29) is 0 Å². The van der Waals surface area contributed by atoms with Gasteiger partial charge in [0, 0.05) is 11.4 Å². The van der Waals surface area contributed by atoms with Crippen molar-refractivity contribution in [3.63, 3.8) is 0 Å². The number of hydrogen-bond donors (Lipinski definition) is 2. The topological polar surface area (TPSA) is 52.0 Å². The highest BCUT2D eigenvalue weighted by molar-refractivity contribution is 5.56. The normalized spacial score (nSPS) is 11.1. The minimum atomic E-state index is 0.777. The largest absolute Gasteiger partial charge is 0.399 e. The Labute approximate surface area is 191 Å².